The quantitative estimate of drug-likeness (QED) is 0.393. The Hall–Kier alpha value is -4.24. The molecule has 6 nitrogen and oxygen atoms in total. The minimum absolute atomic E-state index is 0.0106. The average Bonchev–Trinajstić information content (AvgIpc) is 3.23. The number of benzene rings is 2. The number of hydrogen-bond acceptors (Lipinski definition) is 5. The van der Waals surface area contributed by atoms with Crippen molar-refractivity contribution < 1.29 is 9.53 Å². The van der Waals surface area contributed by atoms with Crippen molar-refractivity contribution in [1.82, 2.24) is 14.8 Å². The molecular weight excluding hydrogens is 400 g/mol. The zero-order valence-electron chi connectivity index (χ0n) is 18.2. The lowest BCUT2D eigenvalue weighted by Crippen LogP contribution is -2.01. The number of pyridine rings is 1. The molecule has 4 aromatic rings. The Labute approximate surface area is 186 Å². The summed E-state index contributed by atoms with van der Waals surface area (Å²) in [6.45, 7) is 3.68. The molecular formula is C26H22N4O2. The number of ether oxygens (including phenoxy) is 1. The number of rotatable bonds is 6. The fraction of sp³-hybridized carbons (Fsp3) is 0.154. The van der Waals surface area contributed by atoms with Gasteiger partial charge in [0, 0.05) is 28.5 Å². The van der Waals surface area contributed by atoms with E-state index in [-0.39, 0.29) is 12.3 Å². The van der Waals surface area contributed by atoms with Gasteiger partial charge in [-0.3, -0.25) is 14.5 Å². The van der Waals surface area contributed by atoms with E-state index in [0.717, 1.165) is 45.0 Å². The van der Waals surface area contributed by atoms with Gasteiger partial charge in [0.1, 0.15) is 12.3 Å². The molecule has 0 radical (unpaired) electrons. The lowest BCUT2D eigenvalue weighted by molar-refractivity contribution is 0.101. The first-order chi connectivity index (χ1) is 15.5. The molecule has 4 rings (SSSR count). The lowest BCUT2D eigenvalue weighted by Gasteiger charge is -2.12. The fourth-order valence-electron chi connectivity index (χ4n) is 3.74. The van der Waals surface area contributed by atoms with E-state index >= 15 is 0 Å². The number of aryl methyl sites for hydroxylation is 1. The molecule has 6 heteroatoms. The SMILES string of the molecule is COc1cc(C)cc(-c2c(-c3ccnc(-c4cccc(C(C)=O)c4)c3)cnn2CC#N)c1. The first-order valence-corrected chi connectivity index (χ1v) is 10.2. The van der Waals surface area contributed by atoms with E-state index in [1.54, 1.807) is 37.2 Å². The molecule has 2 heterocycles. The van der Waals surface area contributed by atoms with Crippen molar-refractivity contribution in [1.29, 1.82) is 5.26 Å². The highest BCUT2D eigenvalue weighted by atomic mass is 16.5. The predicted molar refractivity (Wildman–Crippen MR) is 123 cm³/mol. The Morgan fingerprint density at radius 3 is 2.69 bits per heavy atom. The van der Waals surface area contributed by atoms with Crippen LogP contribution < -0.4 is 4.74 Å². The zero-order chi connectivity index (χ0) is 22.7. The first-order valence-electron chi connectivity index (χ1n) is 10.2. The van der Waals surface area contributed by atoms with E-state index in [9.17, 15) is 10.1 Å². The molecule has 0 aliphatic carbocycles. The van der Waals surface area contributed by atoms with Crippen molar-refractivity contribution in [3.8, 4) is 45.5 Å². The van der Waals surface area contributed by atoms with Crippen LogP contribution in [0.5, 0.6) is 5.75 Å². The standard InChI is InChI=1S/C26H22N4O2/c1-17-11-22(14-23(12-17)32-3)26-24(16-29-30(26)10-8-27)20-7-9-28-25(15-20)21-6-4-5-19(13-21)18(2)31/h4-7,9,11-16H,10H2,1-3H3. The molecule has 0 atom stereocenters. The molecule has 2 aromatic carbocycles. The molecule has 0 N–H and O–H groups in total. The monoisotopic (exact) mass is 422 g/mol. The predicted octanol–water partition coefficient (Wildman–Crippen LogP) is 5.32. The van der Waals surface area contributed by atoms with Crippen LogP contribution in [0.25, 0.3) is 33.6 Å². The second kappa shape index (κ2) is 8.86. The highest BCUT2D eigenvalue weighted by Crippen LogP contribution is 2.35. The topological polar surface area (TPSA) is 80.8 Å². The molecule has 0 amide bonds. The van der Waals surface area contributed by atoms with Crippen LogP contribution in [0.2, 0.25) is 0 Å². The van der Waals surface area contributed by atoms with Crippen molar-refractivity contribution in [2.24, 2.45) is 0 Å². The smallest absolute Gasteiger partial charge is 0.159 e. The molecule has 0 bridgehead atoms. The highest BCUT2D eigenvalue weighted by Gasteiger charge is 2.17. The van der Waals surface area contributed by atoms with Gasteiger partial charge >= 0.3 is 0 Å². The maximum absolute atomic E-state index is 11.8. The van der Waals surface area contributed by atoms with Crippen LogP contribution in [-0.2, 0) is 6.54 Å². The minimum Gasteiger partial charge on any atom is -0.497 e. The number of carbonyl (C=O) groups is 1. The summed E-state index contributed by atoms with van der Waals surface area (Å²) in [7, 11) is 1.64. The number of hydrogen-bond donors (Lipinski definition) is 0. The van der Waals surface area contributed by atoms with Crippen LogP contribution in [-0.4, -0.2) is 27.7 Å². The number of carbonyl (C=O) groups excluding carboxylic acids is 1. The van der Waals surface area contributed by atoms with Gasteiger partial charge in [0.15, 0.2) is 5.78 Å². The van der Waals surface area contributed by atoms with Gasteiger partial charge in [-0.05, 0) is 61.4 Å². The van der Waals surface area contributed by atoms with Crippen molar-refractivity contribution in [3.63, 3.8) is 0 Å². The van der Waals surface area contributed by atoms with Gasteiger partial charge in [0.2, 0.25) is 0 Å². The van der Waals surface area contributed by atoms with Crippen molar-refractivity contribution in [2.75, 3.05) is 7.11 Å². The lowest BCUT2D eigenvalue weighted by atomic mass is 9.98. The molecule has 32 heavy (non-hydrogen) atoms. The largest absolute Gasteiger partial charge is 0.497 e. The Morgan fingerprint density at radius 2 is 1.94 bits per heavy atom. The molecule has 0 aliphatic heterocycles. The van der Waals surface area contributed by atoms with Crippen molar-refractivity contribution >= 4 is 5.78 Å². The number of aromatic nitrogens is 3. The van der Waals surface area contributed by atoms with Crippen LogP contribution in [0.3, 0.4) is 0 Å². The molecule has 2 aromatic heterocycles. The van der Waals surface area contributed by atoms with Gasteiger partial charge < -0.3 is 4.74 Å². The van der Waals surface area contributed by atoms with E-state index < -0.39 is 0 Å². The van der Waals surface area contributed by atoms with Crippen LogP contribution in [0, 0.1) is 18.3 Å². The highest BCUT2D eigenvalue weighted by molar-refractivity contribution is 5.95. The molecule has 0 spiro atoms. The Kier molecular flexibility index (Phi) is 5.82. The number of Topliss-reactive ketones (excluding diaryl/α,β-unsaturated/α-hetero) is 1. The fourth-order valence-corrected chi connectivity index (χ4v) is 3.74. The third-order valence-corrected chi connectivity index (χ3v) is 5.26. The Morgan fingerprint density at radius 1 is 1.09 bits per heavy atom. The second-order valence-corrected chi connectivity index (χ2v) is 7.53. The molecule has 0 unspecified atom stereocenters. The van der Waals surface area contributed by atoms with E-state index in [4.69, 9.17) is 4.74 Å². The molecule has 0 saturated heterocycles. The number of nitrogens with zero attached hydrogens (tertiary/aromatic N) is 4. The maximum Gasteiger partial charge on any atom is 0.159 e. The van der Waals surface area contributed by atoms with Crippen LogP contribution in [0.1, 0.15) is 22.8 Å². The average molecular weight is 422 g/mol. The summed E-state index contributed by atoms with van der Waals surface area (Å²) in [5.41, 5.74) is 6.87. The number of nitriles is 1. The molecule has 0 aliphatic rings. The molecule has 158 valence electrons. The molecule has 0 fully saturated rings. The van der Waals surface area contributed by atoms with Gasteiger partial charge in [-0.1, -0.05) is 18.2 Å². The van der Waals surface area contributed by atoms with E-state index in [2.05, 4.69) is 22.2 Å². The van der Waals surface area contributed by atoms with Crippen molar-refractivity contribution in [3.05, 3.63) is 78.1 Å². The number of ketones is 1. The first kappa shape index (κ1) is 21.0. The summed E-state index contributed by atoms with van der Waals surface area (Å²) in [4.78, 5) is 16.3. The summed E-state index contributed by atoms with van der Waals surface area (Å²) in [5.74, 6) is 0.753. The number of methoxy groups -OCH3 is 1. The summed E-state index contributed by atoms with van der Waals surface area (Å²) in [5, 5.41) is 13.8. The van der Waals surface area contributed by atoms with Gasteiger partial charge in [0.05, 0.1) is 30.8 Å². The van der Waals surface area contributed by atoms with Gasteiger partial charge in [-0.25, -0.2) is 0 Å². The van der Waals surface area contributed by atoms with Gasteiger partial charge in [-0.2, -0.15) is 10.4 Å². The Balaban J connectivity index is 1.86. The zero-order valence-corrected chi connectivity index (χ0v) is 18.2. The summed E-state index contributed by atoms with van der Waals surface area (Å²) in [6, 6.07) is 19.5. The van der Waals surface area contributed by atoms with E-state index in [1.165, 1.54) is 0 Å². The second-order valence-electron chi connectivity index (χ2n) is 7.53. The molecule has 0 saturated carbocycles. The van der Waals surface area contributed by atoms with Crippen LogP contribution >= 0.6 is 0 Å². The van der Waals surface area contributed by atoms with E-state index in [0.29, 0.717) is 5.56 Å². The third kappa shape index (κ3) is 4.14. The summed E-state index contributed by atoms with van der Waals surface area (Å²) < 4.78 is 7.15. The Bertz CT molecular complexity index is 1350. The van der Waals surface area contributed by atoms with Crippen LogP contribution in [0.15, 0.2) is 67.0 Å². The summed E-state index contributed by atoms with van der Waals surface area (Å²) in [6.07, 6.45) is 3.51. The van der Waals surface area contributed by atoms with Crippen LogP contribution in [0.4, 0.5) is 0 Å². The normalized spacial score (nSPS) is 10.6. The van der Waals surface area contributed by atoms with Crippen molar-refractivity contribution in [2.45, 2.75) is 20.4 Å². The maximum atomic E-state index is 11.8. The third-order valence-electron chi connectivity index (χ3n) is 5.26. The van der Waals surface area contributed by atoms with Gasteiger partial charge in [-0.15, -0.1) is 0 Å². The minimum atomic E-state index is 0.0106. The van der Waals surface area contributed by atoms with Gasteiger partial charge in [0.25, 0.3) is 0 Å². The summed E-state index contributed by atoms with van der Waals surface area (Å²) >= 11 is 0. The van der Waals surface area contributed by atoms with E-state index in [1.807, 2.05) is 49.4 Å².